The number of ether oxygens (including phenoxy) is 3. The van der Waals surface area contributed by atoms with Crippen molar-refractivity contribution in [3.05, 3.63) is 107 Å². The Balaban J connectivity index is 1.07. The fraction of sp³-hybridized carbons (Fsp3) is 0.372. The Labute approximate surface area is 328 Å². The zero-order valence-corrected chi connectivity index (χ0v) is 32.4. The molecule has 5 aromatic rings. The molecule has 13 heteroatoms. The van der Waals surface area contributed by atoms with Crippen LogP contribution in [0.2, 0.25) is 0 Å². The van der Waals surface area contributed by atoms with Gasteiger partial charge in [0.15, 0.2) is 0 Å². The third kappa shape index (κ3) is 8.38. The van der Waals surface area contributed by atoms with Gasteiger partial charge in [0, 0.05) is 88.1 Å². The number of likely N-dealkylation sites (N-methyl/N-ethyl adjacent to an activating group) is 1. The van der Waals surface area contributed by atoms with Crippen LogP contribution < -0.4 is 24.2 Å². The summed E-state index contributed by atoms with van der Waals surface area (Å²) in [5.74, 6) is 3.99. The van der Waals surface area contributed by atoms with Crippen LogP contribution in [0.5, 0.6) is 11.5 Å². The molecule has 0 spiro atoms. The first-order chi connectivity index (χ1) is 27.4. The van der Waals surface area contributed by atoms with Gasteiger partial charge in [0.25, 0.3) is 0 Å². The number of benzene rings is 3. The number of carbonyl (C=O) groups is 1. The highest BCUT2D eigenvalue weighted by Gasteiger charge is 2.30. The van der Waals surface area contributed by atoms with E-state index in [9.17, 15) is 4.79 Å². The van der Waals surface area contributed by atoms with Crippen LogP contribution in [0.15, 0.2) is 85.2 Å². The number of anilines is 4. The third-order valence-electron chi connectivity index (χ3n) is 10.8. The average Bonchev–Trinajstić information content (AvgIpc) is 3.69. The average molecular weight is 756 g/mol. The van der Waals surface area contributed by atoms with Crippen molar-refractivity contribution < 1.29 is 19.0 Å². The number of rotatable bonds is 12. The van der Waals surface area contributed by atoms with Crippen LogP contribution in [0.3, 0.4) is 0 Å². The van der Waals surface area contributed by atoms with E-state index in [1.807, 2.05) is 41.6 Å². The molecule has 2 fully saturated rings. The highest BCUT2D eigenvalue weighted by Crippen LogP contribution is 2.39. The lowest BCUT2D eigenvalue weighted by atomic mass is 10.1. The van der Waals surface area contributed by atoms with E-state index in [0.717, 1.165) is 109 Å². The number of methoxy groups -OCH3 is 2. The Morgan fingerprint density at radius 3 is 1.91 bits per heavy atom. The highest BCUT2D eigenvalue weighted by atomic mass is 16.5. The summed E-state index contributed by atoms with van der Waals surface area (Å²) < 4.78 is 16.5. The van der Waals surface area contributed by atoms with E-state index < -0.39 is 0 Å². The summed E-state index contributed by atoms with van der Waals surface area (Å²) in [5.41, 5.74) is 7.04. The number of carbonyl (C=O) groups excluding carboxylic acids is 1. The topological polar surface area (TPSA) is 113 Å². The van der Waals surface area contributed by atoms with E-state index in [1.54, 1.807) is 14.2 Å². The quantitative estimate of drug-likeness (QED) is 0.171. The lowest BCUT2D eigenvalue weighted by Gasteiger charge is -2.32. The molecule has 1 amide bonds. The van der Waals surface area contributed by atoms with Gasteiger partial charge in [-0.15, -0.1) is 0 Å². The lowest BCUT2D eigenvalue weighted by Crippen LogP contribution is -2.47. The van der Waals surface area contributed by atoms with Crippen molar-refractivity contribution in [2.75, 3.05) is 95.0 Å². The second-order valence-corrected chi connectivity index (χ2v) is 14.5. The van der Waals surface area contributed by atoms with Gasteiger partial charge in [-0.2, -0.15) is 4.98 Å². The van der Waals surface area contributed by atoms with Gasteiger partial charge in [0.1, 0.15) is 17.3 Å². The maximum atomic E-state index is 13.1. The molecule has 5 heterocycles. The lowest BCUT2D eigenvalue weighted by molar-refractivity contribution is -0.132. The van der Waals surface area contributed by atoms with Crippen LogP contribution in [0.1, 0.15) is 22.3 Å². The first-order valence-electron chi connectivity index (χ1n) is 19.3. The van der Waals surface area contributed by atoms with Crippen LogP contribution in [0.4, 0.5) is 23.4 Å². The number of piperazine rings is 1. The molecule has 3 aliphatic rings. The molecule has 3 aliphatic heterocycles. The van der Waals surface area contributed by atoms with Crippen molar-refractivity contribution in [2.45, 2.75) is 25.9 Å². The van der Waals surface area contributed by atoms with Crippen molar-refractivity contribution >= 4 is 29.3 Å². The summed E-state index contributed by atoms with van der Waals surface area (Å²) in [5, 5.41) is 0. The van der Waals surface area contributed by atoms with Crippen molar-refractivity contribution in [2.24, 2.45) is 0 Å². The number of fused-ring (bicyclic) bond motifs is 1. The van der Waals surface area contributed by atoms with E-state index >= 15 is 0 Å². The van der Waals surface area contributed by atoms with E-state index in [4.69, 9.17) is 34.1 Å². The molecule has 56 heavy (non-hydrogen) atoms. The van der Waals surface area contributed by atoms with E-state index in [-0.39, 0.29) is 5.91 Å². The number of hydrogen-bond acceptors (Lipinski definition) is 12. The summed E-state index contributed by atoms with van der Waals surface area (Å²) >= 11 is 0. The van der Waals surface area contributed by atoms with Crippen molar-refractivity contribution in [3.63, 3.8) is 0 Å². The minimum absolute atomic E-state index is 0.183. The maximum absolute atomic E-state index is 13.1. The van der Waals surface area contributed by atoms with Crippen LogP contribution in [-0.4, -0.2) is 116 Å². The number of aromatic nitrogens is 4. The normalized spacial score (nSPS) is 15.8. The molecular formula is C43H49N9O4. The molecule has 0 radical (unpaired) electrons. The van der Waals surface area contributed by atoms with Crippen molar-refractivity contribution in [1.29, 1.82) is 0 Å². The Kier molecular flexibility index (Phi) is 11.2. The summed E-state index contributed by atoms with van der Waals surface area (Å²) in [6, 6.07) is 24.5. The fourth-order valence-electron chi connectivity index (χ4n) is 7.48. The maximum Gasteiger partial charge on any atom is 0.228 e. The second-order valence-electron chi connectivity index (χ2n) is 14.5. The van der Waals surface area contributed by atoms with E-state index in [2.05, 4.69) is 75.2 Å². The molecule has 2 saturated heterocycles. The van der Waals surface area contributed by atoms with E-state index in [0.29, 0.717) is 44.6 Å². The fourth-order valence-corrected chi connectivity index (χ4v) is 7.48. The first-order valence-corrected chi connectivity index (χ1v) is 19.3. The molecule has 0 atom stereocenters. The standard InChI is InChI=1S/C43H49N9O4/c1-48-18-20-49(21-19-48)39(53)26-31-4-10-35(11-5-31)52-17-16-38-40(46-43(47-41(38)52)50-22-24-56-25-23-50)34-27-44-42(45-28-34)51(29-32-6-12-36(54-2)13-7-32)30-33-8-14-37(55-3)15-9-33/h4-15,27-28H,16-26,29-30H2,1-3H3. The number of nitrogens with zero attached hydrogens (tertiary/aromatic N) is 9. The Morgan fingerprint density at radius 2 is 1.32 bits per heavy atom. The summed E-state index contributed by atoms with van der Waals surface area (Å²) in [4.78, 5) is 44.2. The van der Waals surface area contributed by atoms with Gasteiger partial charge >= 0.3 is 0 Å². The summed E-state index contributed by atoms with van der Waals surface area (Å²) in [7, 11) is 5.45. The molecule has 0 saturated carbocycles. The Morgan fingerprint density at radius 1 is 0.732 bits per heavy atom. The van der Waals surface area contributed by atoms with Crippen LogP contribution in [-0.2, 0) is 35.5 Å². The van der Waals surface area contributed by atoms with Gasteiger partial charge in [-0.25, -0.2) is 15.0 Å². The minimum Gasteiger partial charge on any atom is -0.497 e. The molecule has 13 nitrogen and oxygen atoms in total. The molecule has 0 aliphatic carbocycles. The summed E-state index contributed by atoms with van der Waals surface area (Å²) in [6.45, 7) is 8.07. The van der Waals surface area contributed by atoms with Gasteiger partial charge in [-0.05, 0) is 66.6 Å². The van der Waals surface area contributed by atoms with Crippen LogP contribution in [0, 0.1) is 0 Å². The minimum atomic E-state index is 0.183. The molecule has 3 aromatic carbocycles. The smallest absolute Gasteiger partial charge is 0.228 e. The predicted octanol–water partition coefficient (Wildman–Crippen LogP) is 5.00. The largest absolute Gasteiger partial charge is 0.497 e. The monoisotopic (exact) mass is 755 g/mol. The number of hydrogen-bond donors (Lipinski definition) is 0. The Bertz CT molecular complexity index is 2030. The van der Waals surface area contributed by atoms with Gasteiger partial charge in [0.05, 0.1) is 39.5 Å². The third-order valence-corrected chi connectivity index (χ3v) is 10.8. The zero-order chi connectivity index (χ0) is 38.4. The zero-order valence-electron chi connectivity index (χ0n) is 32.4. The second kappa shape index (κ2) is 16.9. The van der Waals surface area contributed by atoms with Gasteiger partial charge in [0.2, 0.25) is 17.8 Å². The number of amides is 1. The molecule has 290 valence electrons. The van der Waals surface area contributed by atoms with Crippen LogP contribution >= 0.6 is 0 Å². The molecule has 0 bridgehead atoms. The van der Waals surface area contributed by atoms with Gasteiger partial charge in [-0.1, -0.05) is 36.4 Å². The molecule has 8 rings (SSSR count). The number of morpholine rings is 1. The molecular weight excluding hydrogens is 707 g/mol. The Hall–Kier alpha value is -5.79. The first kappa shape index (κ1) is 37.1. The van der Waals surface area contributed by atoms with Gasteiger partial charge < -0.3 is 38.7 Å². The molecule has 0 unspecified atom stereocenters. The SMILES string of the molecule is COc1ccc(CN(Cc2ccc(OC)cc2)c2ncc(-c3nc(N4CCOCC4)nc4c3CCN4c3ccc(CC(=O)N4CCN(C)CC4)cc3)cn2)cc1. The van der Waals surface area contributed by atoms with Gasteiger partial charge in [-0.3, -0.25) is 4.79 Å². The van der Waals surface area contributed by atoms with E-state index in [1.165, 1.54) is 0 Å². The van der Waals surface area contributed by atoms with Crippen molar-refractivity contribution in [1.82, 2.24) is 29.7 Å². The van der Waals surface area contributed by atoms with Crippen molar-refractivity contribution in [3.8, 4) is 22.8 Å². The molecule has 0 N–H and O–H groups in total. The molecule has 2 aromatic heterocycles. The predicted molar refractivity (Wildman–Crippen MR) is 217 cm³/mol. The summed E-state index contributed by atoms with van der Waals surface area (Å²) in [6.07, 6.45) is 4.96. The highest BCUT2D eigenvalue weighted by molar-refractivity contribution is 5.80. The van der Waals surface area contributed by atoms with Crippen LogP contribution in [0.25, 0.3) is 11.3 Å².